The van der Waals surface area contributed by atoms with Crippen molar-refractivity contribution in [3.8, 4) is 11.8 Å². The number of carbonyl (C=O) groups excluding carboxylic acids is 1. The van der Waals surface area contributed by atoms with Crippen LogP contribution in [-0.4, -0.2) is 37.8 Å². The van der Waals surface area contributed by atoms with Crippen LogP contribution in [0.4, 0.5) is 36.8 Å². The van der Waals surface area contributed by atoms with E-state index in [1.165, 1.54) is 18.2 Å². The zero-order valence-electron chi connectivity index (χ0n) is 18.1. The molecule has 1 fully saturated rings. The molecule has 188 valence electrons. The number of anilines is 1. The number of rotatable bonds is 6. The summed E-state index contributed by atoms with van der Waals surface area (Å²) >= 11 is 0. The van der Waals surface area contributed by atoms with Crippen LogP contribution in [0, 0.1) is 11.3 Å². The van der Waals surface area contributed by atoms with Gasteiger partial charge in [0, 0.05) is 5.69 Å². The molecular formula is C22H19F6N3O4. The van der Waals surface area contributed by atoms with Crippen LogP contribution in [0.2, 0.25) is 0 Å². The third-order valence-electron chi connectivity index (χ3n) is 5.12. The number of nitriles is 1. The molecule has 0 aromatic heterocycles. The number of nitrogens with zero attached hydrogens (tertiary/aromatic N) is 2. The lowest BCUT2D eigenvalue weighted by molar-refractivity contribution is -0.215. The van der Waals surface area contributed by atoms with Gasteiger partial charge in [0.15, 0.2) is 0 Å². The van der Waals surface area contributed by atoms with Crippen molar-refractivity contribution in [2.45, 2.75) is 37.7 Å². The van der Waals surface area contributed by atoms with E-state index in [2.05, 4.69) is 0 Å². The lowest BCUT2D eigenvalue weighted by Gasteiger charge is -2.27. The minimum Gasteiger partial charge on any atom is -0.491 e. The van der Waals surface area contributed by atoms with Gasteiger partial charge in [0.2, 0.25) is 6.23 Å². The monoisotopic (exact) mass is 503 g/mol. The van der Waals surface area contributed by atoms with Crippen LogP contribution in [0.15, 0.2) is 42.5 Å². The molecule has 1 unspecified atom stereocenters. The molecule has 1 heterocycles. The first-order valence-electron chi connectivity index (χ1n) is 10.1. The first kappa shape index (κ1) is 26.0. The zero-order valence-corrected chi connectivity index (χ0v) is 18.1. The van der Waals surface area contributed by atoms with Gasteiger partial charge in [0.05, 0.1) is 23.7 Å². The predicted octanol–water partition coefficient (Wildman–Crippen LogP) is 4.91. The summed E-state index contributed by atoms with van der Waals surface area (Å²) in [6.07, 6.45) is -15.0. The van der Waals surface area contributed by atoms with Crippen LogP contribution in [0.1, 0.15) is 29.7 Å². The van der Waals surface area contributed by atoms with E-state index in [0.717, 1.165) is 12.1 Å². The summed E-state index contributed by atoms with van der Waals surface area (Å²) in [4.78, 5) is 11.5. The molecular weight excluding hydrogens is 484 g/mol. The van der Waals surface area contributed by atoms with Crippen molar-refractivity contribution >= 4 is 11.8 Å². The molecule has 2 aromatic carbocycles. The molecule has 3 atom stereocenters. The van der Waals surface area contributed by atoms with Crippen LogP contribution in [0.25, 0.3) is 0 Å². The normalized spacial score (nSPS) is 19.2. The van der Waals surface area contributed by atoms with Crippen LogP contribution in [0.3, 0.4) is 0 Å². The van der Waals surface area contributed by atoms with Crippen molar-refractivity contribution in [2.24, 2.45) is 5.73 Å². The number of ether oxygens (including phenoxy) is 3. The number of carbonyl (C=O) groups is 1. The van der Waals surface area contributed by atoms with Crippen molar-refractivity contribution in [2.75, 3.05) is 18.1 Å². The number of alkyl halides is 6. The SMILES string of the molecule is CC(OC(N)=O)c1ccc(OC[C@@H]2CN(c3ccc(C#N)c(C(F)(F)F)c3)[C@@H](C(F)(F)F)O2)cc1. The van der Waals surface area contributed by atoms with Crippen molar-refractivity contribution in [3.05, 3.63) is 59.2 Å². The van der Waals surface area contributed by atoms with E-state index < -0.39 is 60.2 Å². The number of hydrogen-bond acceptors (Lipinski definition) is 6. The molecule has 2 aromatic rings. The first-order chi connectivity index (χ1) is 16.3. The number of amides is 1. The van der Waals surface area contributed by atoms with E-state index in [1.54, 1.807) is 19.1 Å². The minimum absolute atomic E-state index is 0.281. The maximum Gasteiger partial charge on any atom is 0.433 e. The van der Waals surface area contributed by atoms with Gasteiger partial charge in [0.25, 0.3) is 0 Å². The fourth-order valence-electron chi connectivity index (χ4n) is 3.51. The molecule has 1 aliphatic heterocycles. The van der Waals surface area contributed by atoms with E-state index in [-0.39, 0.29) is 12.4 Å². The molecule has 13 heteroatoms. The Morgan fingerprint density at radius 3 is 2.40 bits per heavy atom. The van der Waals surface area contributed by atoms with Crippen molar-refractivity contribution in [1.29, 1.82) is 5.26 Å². The fourth-order valence-corrected chi connectivity index (χ4v) is 3.51. The highest BCUT2D eigenvalue weighted by Crippen LogP contribution is 2.39. The molecule has 1 amide bonds. The van der Waals surface area contributed by atoms with Gasteiger partial charge in [0.1, 0.15) is 24.6 Å². The van der Waals surface area contributed by atoms with Crippen LogP contribution < -0.4 is 15.4 Å². The molecule has 0 radical (unpaired) electrons. The predicted molar refractivity (Wildman–Crippen MR) is 109 cm³/mol. The molecule has 1 saturated heterocycles. The molecule has 35 heavy (non-hydrogen) atoms. The van der Waals surface area contributed by atoms with E-state index in [4.69, 9.17) is 25.2 Å². The zero-order chi connectivity index (χ0) is 26.0. The standard InChI is InChI=1S/C22H19F6N3O4/c1-12(34-20(30)32)13-3-6-16(7-4-13)33-11-17-10-31(19(35-17)22(26,27)28)15-5-2-14(9-29)18(8-15)21(23,24)25/h2-8,12,17,19H,10-11H2,1H3,(H2,30,32)/t12?,17-,19+/m0/s1. The molecule has 0 saturated carbocycles. The van der Waals surface area contributed by atoms with Crippen molar-refractivity contribution < 1.29 is 45.3 Å². The van der Waals surface area contributed by atoms with Crippen LogP contribution in [-0.2, 0) is 15.7 Å². The van der Waals surface area contributed by atoms with Crippen molar-refractivity contribution in [1.82, 2.24) is 0 Å². The first-order valence-corrected chi connectivity index (χ1v) is 10.1. The number of benzene rings is 2. The van der Waals surface area contributed by atoms with Gasteiger partial charge in [-0.2, -0.15) is 31.6 Å². The summed E-state index contributed by atoms with van der Waals surface area (Å²) < 4.78 is 96.0. The summed E-state index contributed by atoms with van der Waals surface area (Å²) in [5.41, 5.74) is 3.12. The van der Waals surface area contributed by atoms with Gasteiger partial charge in [-0.05, 0) is 42.8 Å². The smallest absolute Gasteiger partial charge is 0.433 e. The minimum atomic E-state index is -4.93. The number of primary amides is 1. The fraction of sp³-hybridized carbons (Fsp3) is 0.364. The number of nitrogens with two attached hydrogens (primary N) is 1. The summed E-state index contributed by atoms with van der Waals surface area (Å²) in [7, 11) is 0. The highest BCUT2D eigenvalue weighted by Gasteiger charge is 2.51. The van der Waals surface area contributed by atoms with Crippen LogP contribution in [0.5, 0.6) is 5.75 Å². The highest BCUT2D eigenvalue weighted by atomic mass is 19.4. The molecule has 7 nitrogen and oxygen atoms in total. The summed E-state index contributed by atoms with van der Waals surface area (Å²) in [5.74, 6) is 0.281. The van der Waals surface area contributed by atoms with Gasteiger partial charge in [-0.25, -0.2) is 4.79 Å². The third-order valence-corrected chi connectivity index (χ3v) is 5.12. The lowest BCUT2D eigenvalue weighted by Crippen LogP contribution is -2.42. The maximum absolute atomic E-state index is 13.6. The van der Waals surface area contributed by atoms with Gasteiger partial charge in [-0.1, -0.05) is 12.1 Å². The molecule has 1 aliphatic rings. The average Bonchev–Trinajstić information content (AvgIpc) is 3.21. The van der Waals surface area contributed by atoms with E-state index in [0.29, 0.717) is 16.5 Å². The van der Waals surface area contributed by atoms with Gasteiger partial charge in [-0.3, -0.25) is 0 Å². The summed E-state index contributed by atoms with van der Waals surface area (Å²) in [5, 5.41) is 8.91. The van der Waals surface area contributed by atoms with E-state index in [1.807, 2.05) is 0 Å². The second-order valence-corrected chi connectivity index (χ2v) is 7.60. The van der Waals surface area contributed by atoms with Crippen LogP contribution >= 0.6 is 0 Å². The Labute approximate surface area is 195 Å². The molecule has 3 rings (SSSR count). The van der Waals surface area contributed by atoms with Gasteiger partial charge in [-0.15, -0.1) is 0 Å². The Balaban J connectivity index is 1.74. The van der Waals surface area contributed by atoms with Gasteiger partial charge < -0.3 is 24.8 Å². The quantitative estimate of drug-likeness (QED) is 0.563. The highest BCUT2D eigenvalue weighted by molar-refractivity contribution is 5.65. The molecule has 2 N–H and O–H groups in total. The second kappa shape index (κ2) is 9.91. The molecule has 0 spiro atoms. The largest absolute Gasteiger partial charge is 0.491 e. The summed E-state index contributed by atoms with van der Waals surface area (Å²) in [6.45, 7) is 0.860. The van der Waals surface area contributed by atoms with Gasteiger partial charge >= 0.3 is 18.4 Å². The van der Waals surface area contributed by atoms with E-state index in [9.17, 15) is 31.1 Å². The Kier molecular flexibility index (Phi) is 7.35. The van der Waals surface area contributed by atoms with E-state index >= 15 is 0 Å². The maximum atomic E-state index is 13.6. The Hall–Kier alpha value is -3.66. The third kappa shape index (κ3) is 6.27. The Morgan fingerprint density at radius 1 is 1.20 bits per heavy atom. The Morgan fingerprint density at radius 2 is 1.86 bits per heavy atom. The topological polar surface area (TPSA) is 97.8 Å². The second-order valence-electron chi connectivity index (χ2n) is 7.60. The molecule has 0 bridgehead atoms. The van der Waals surface area contributed by atoms with Crippen molar-refractivity contribution in [3.63, 3.8) is 0 Å². The lowest BCUT2D eigenvalue weighted by atomic mass is 10.1. The summed E-state index contributed by atoms with van der Waals surface area (Å²) in [6, 6.07) is 9.85. The number of hydrogen-bond donors (Lipinski definition) is 1. The average molecular weight is 503 g/mol. The number of halogens is 6. The Bertz CT molecular complexity index is 1100. The molecule has 0 aliphatic carbocycles.